The monoisotopic (exact) mass is 283 g/mol. The highest BCUT2D eigenvalue weighted by Gasteiger charge is 2.04. The smallest absolute Gasteiger partial charge is 0.394 e. The zero-order valence-electron chi connectivity index (χ0n) is 8.39. The molecule has 0 saturated carbocycles. The third kappa shape index (κ3) is 2.84. The Balaban J connectivity index is 1.96. The predicted octanol–water partition coefficient (Wildman–Crippen LogP) is 2.51. The molecule has 0 aliphatic heterocycles. The molecule has 0 fully saturated rings. The summed E-state index contributed by atoms with van der Waals surface area (Å²) in [5, 5.41) is 8.79. The van der Waals surface area contributed by atoms with E-state index in [0.29, 0.717) is 12.3 Å². The molecule has 0 atom stereocenters. The Morgan fingerprint density at radius 3 is 3.00 bits per heavy atom. The molecule has 2 aromatic rings. The van der Waals surface area contributed by atoms with Crippen molar-refractivity contribution < 1.29 is 14.3 Å². The number of rotatable bonds is 4. The van der Waals surface area contributed by atoms with Crippen LogP contribution >= 0.6 is 15.9 Å². The summed E-state index contributed by atoms with van der Waals surface area (Å²) in [6.45, 7) is 0.231. The van der Waals surface area contributed by atoms with Crippen molar-refractivity contribution in [2.24, 2.45) is 0 Å². The van der Waals surface area contributed by atoms with Crippen LogP contribution in [0.2, 0.25) is 0 Å². The third-order valence-corrected chi connectivity index (χ3v) is 2.44. The van der Waals surface area contributed by atoms with E-state index in [0.717, 1.165) is 10.0 Å². The molecule has 0 amide bonds. The topological polar surface area (TPSA) is 55.5 Å². The highest BCUT2D eigenvalue weighted by atomic mass is 79.9. The molecule has 84 valence electrons. The molecule has 0 aliphatic rings. The maximum Gasteiger partial charge on any atom is 0.394 e. The van der Waals surface area contributed by atoms with Crippen LogP contribution in [0.3, 0.4) is 0 Å². The Labute approximate surface area is 101 Å². The van der Waals surface area contributed by atoms with Crippen molar-refractivity contribution in [1.29, 1.82) is 0 Å². The summed E-state index contributed by atoms with van der Waals surface area (Å²) in [5.41, 5.74) is 1.47. The molecule has 1 N–H and O–H groups in total. The molecule has 0 spiro atoms. The number of hydrogen-bond acceptors (Lipinski definition) is 4. The molecule has 1 heterocycles. The largest absolute Gasteiger partial charge is 0.445 e. The molecule has 5 heteroatoms. The summed E-state index contributed by atoms with van der Waals surface area (Å²) in [4.78, 5) is 3.92. The summed E-state index contributed by atoms with van der Waals surface area (Å²) in [7, 11) is 0. The number of nitrogens with zero attached hydrogens (tertiary/aromatic N) is 1. The first-order valence-electron chi connectivity index (χ1n) is 4.70. The van der Waals surface area contributed by atoms with Crippen LogP contribution in [0.5, 0.6) is 6.08 Å². The Morgan fingerprint density at radius 2 is 2.31 bits per heavy atom. The lowest BCUT2D eigenvalue weighted by atomic mass is 10.2. The van der Waals surface area contributed by atoms with Crippen LogP contribution in [0.1, 0.15) is 11.3 Å². The van der Waals surface area contributed by atoms with E-state index in [4.69, 9.17) is 14.3 Å². The van der Waals surface area contributed by atoms with Crippen LogP contribution < -0.4 is 4.74 Å². The molecule has 0 saturated heterocycles. The van der Waals surface area contributed by atoms with Gasteiger partial charge in [0, 0.05) is 4.47 Å². The van der Waals surface area contributed by atoms with Gasteiger partial charge in [-0.3, -0.25) is 0 Å². The molecule has 1 aromatic heterocycles. The minimum Gasteiger partial charge on any atom is -0.445 e. The normalized spacial score (nSPS) is 10.4. The minimum absolute atomic E-state index is 0.149. The number of aliphatic hydroxyl groups is 1. The van der Waals surface area contributed by atoms with E-state index in [1.165, 1.54) is 6.26 Å². The summed E-state index contributed by atoms with van der Waals surface area (Å²) in [5.74, 6) is 0. The van der Waals surface area contributed by atoms with E-state index in [1.807, 2.05) is 24.3 Å². The second kappa shape index (κ2) is 5.14. The van der Waals surface area contributed by atoms with Gasteiger partial charge < -0.3 is 14.3 Å². The molecule has 16 heavy (non-hydrogen) atoms. The van der Waals surface area contributed by atoms with E-state index in [1.54, 1.807) is 0 Å². The Hall–Kier alpha value is -1.33. The fourth-order valence-electron chi connectivity index (χ4n) is 1.20. The highest BCUT2D eigenvalue weighted by molar-refractivity contribution is 9.10. The summed E-state index contributed by atoms with van der Waals surface area (Å²) in [6, 6.07) is 7.77. The summed E-state index contributed by atoms with van der Waals surface area (Å²) in [6.07, 6.45) is 1.54. The first-order valence-corrected chi connectivity index (χ1v) is 5.50. The molecular formula is C11H10BrNO3. The van der Waals surface area contributed by atoms with Crippen molar-refractivity contribution in [3.63, 3.8) is 0 Å². The molecule has 2 rings (SSSR count). The number of ether oxygens (including phenoxy) is 1. The fourth-order valence-corrected chi connectivity index (χ4v) is 1.65. The number of aromatic nitrogens is 1. The van der Waals surface area contributed by atoms with Gasteiger partial charge >= 0.3 is 6.08 Å². The predicted molar refractivity (Wildman–Crippen MR) is 60.9 cm³/mol. The maximum atomic E-state index is 8.79. The number of hydrogen-bond donors (Lipinski definition) is 1. The Morgan fingerprint density at radius 1 is 1.44 bits per heavy atom. The fraction of sp³-hybridized carbons (Fsp3) is 0.182. The van der Waals surface area contributed by atoms with Crippen LogP contribution in [0.25, 0.3) is 0 Å². The van der Waals surface area contributed by atoms with Gasteiger partial charge in [0.1, 0.15) is 18.6 Å². The van der Waals surface area contributed by atoms with Crippen LogP contribution in [0, 0.1) is 0 Å². The van der Waals surface area contributed by atoms with Crippen molar-refractivity contribution in [1.82, 2.24) is 4.98 Å². The van der Waals surface area contributed by atoms with Crippen LogP contribution in [-0.4, -0.2) is 10.1 Å². The summed E-state index contributed by atoms with van der Waals surface area (Å²) >= 11 is 3.38. The maximum absolute atomic E-state index is 8.79. The molecular weight excluding hydrogens is 274 g/mol. The molecule has 0 aliphatic carbocycles. The average Bonchev–Trinajstić information content (AvgIpc) is 2.74. The van der Waals surface area contributed by atoms with E-state index in [9.17, 15) is 0 Å². The van der Waals surface area contributed by atoms with Crippen molar-refractivity contribution in [2.75, 3.05) is 0 Å². The number of oxazole rings is 1. The first kappa shape index (κ1) is 11.2. The summed E-state index contributed by atoms with van der Waals surface area (Å²) < 4.78 is 11.3. The van der Waals surface area contributed by atoms with Gasteiger partial charge in [0.25, 0.3) is 0 Å². The Bertz CT molecular complexity index is 470. The number of aliphatic hydroxyl groups excluding tert-OH is 1. The van der Waals surface area contributed by atoms with Gasteiger partial charge in [-0.25, -0.2) is 0 Å². The van der Waals surface area contributed by atoms with Gasteiger partial charge in [-0.2, -0.15) is 4.98 Å². The lowest BCUT2D eigenvalue weighted by molar-refractivity contribution is 0.219. The van der Waals surface area contributed by atoms with Gasteiger partial charge in [-0.1, -0.05) is 28.1 Å². The van der Waals surface area contributed by atoms with Crippen LogP contribution in [0.15, 0.2) is 39.4 Å². The second-order valence-electron chi connectivity index (χ2n) is 3.18. The van der Waals surface area contributed by atoms with E-state index in [2.05, 4.69) is 20.9 Å². The van der Waals surface area contributed by atoms with E-state index >= 15 is 0 Å². The molecule has 4 nitrogen and oxygen atoms in total. The van der Waals surface area contributed by atoms with Crippen molar-refractivity contribution in [2.45, 2.75) is 13.2 Å². The zero-order chi connectivity index (χ0) is 11.4. The zero-order valence-corrected chi connectivity index (χ0v) is 9.98. The van der Waals surface area contributed by atoms with Gasteiger partial charge in [-0.15, -0.1) is 0 Å². The lowest BCUT2D eigenvalue weighted by Crippen LogP contribution is -1.95. The van der Waals surface area contributed by atoms with E-state index < -0.39 is 0 Å². The minimum atomic E-state index is -0.149. The molecule has 0 radical (unpaired) electrons. The quantitative estimate of drug-likeness (QED) is 0.937. The molecule has 0 unspecified atom stereocenters. The first-order chi connectivity index (χ1) is 7.78. The van der Waals surface area contributed by atoms with Crippen molar-refractivity contribution >= 4 is 15.9 Å². The van der Waals surface area contributed by atoms with Gasteiger partial charge in [-0.05, 0) is 17.7 Å². The standard InChI is InChI=1S/C11H10BrNO3/c12-9-3-1-2-8(4-9)6-15-11-13-10(5-14)7-16-11/h1-4,7,14H,5-6H2. The van der Waals surface area contributed by atoms with Gasteiger partial charge in [0.2, 0.25) is 0 Å². The van der Waals surface area contributed by atoms with Gasteiger partial charge in [0.05, 0.1) is 6.61 Å². The molecule has 0 bridgehead atoms. The second-order valence-corrected chi connectivity index (χ2v) is 4.10. The van der Waals surface area contributed by atoms with Crippen molar-refractivity contribution in [3.05, 3.63) is 46.3 Å². The van der Waals surface area contributed by atoms with Crippen LogP contribution in [-0.2, 0) is 13.2 Å². The van der Waals surface area contributed by atoms with E-state index in [-0.39, 0.29) is 12.7 Å². The lowest BCUT2D eigenvalue weighted by Gasteiger charge is -2.01. The van der Waals surface area contributed by atoms with Crippen LogP contribution in [0.4, 0.5) is 0 Å². The average molecular weight is 284 g/mol. The number of benzene rings is 1. The third-order valence-electron chi connectivity index (χ3n) is 1.94. The number of halogens is 1. The SMILES string of the molecule is OCc1coc(OCc2cccc(Br)c2)n1. The van der Waals surface area contributed by atoms with Gasteiger partial charge in [0.15, 0.2) is 0 Å². The molecule has 1 aromatic carbocycles. The highest BCUT2D eigenvalue weighted by Crippen LogP contribution is 2.15. The van der Waals surface area contributed by atoms with Crippen molar-refractivity contribution in [3.8, 4) is 6.08 Å². The Kier molecular flexibility index (Phi) is 3.58.